The van der Waals surface area contributed by atoms with Crippen LogP contribution in [0.1, 0.15) is 28.4 Å². The van der Waals surface area contributed by atoms with Gasteiger partial charge in [0.05, 0.1) is 6.10 Å². The summed E-state index contributed by atoms with van der Waals surface area (Å²) < 4.78 is 5.05. The maximum absolute atomic E-state index is 12.5. The second-order valence-corrected chi connectivity index (χ2v) is 6.40. The summed E-state index contributed by atoms with van der Waals surface area (Å²) in [5, 5.41) is 13.3. The first-order valence-electron chi connectivity index (χ1n) is 7.87. The van der Waals surface area contributed by atoms with E-state index in [4.69, 9.17) is 16.0 Å². The Morgan fingerprint density at radius 1 is 1.40 bits per heavy atom. The average molecular weight is 364 g/mol. The van der Waals surface area contributed by atoms with Crippen molar-refractivity contribution in [3.63, 3.8) is 0 Å². The van der Waals surface area contributed by atoms with Crippen molar-refractivity contribution in [2.45, 2.75) is 32.0 Å². The molecule has 2 N–H and O–H groups in total. The first kappa shape index (κ1) is 17.4. The number of benzene rings is 1. The lowest BCUT2D eigenvalue weighted by Gasteiger charge is -2.22. The van der Waals surface area contributed by atoms with Gasteiger partial charge < -0.3 is 19.7 Å². The molecule has 132 valence electrons. The molecule has 0 radical (unpaired) electrons. The Morgan fingerprint density at radius 3 is 2.76 bits per heavy atom. The van der Waals surface area contributed by atoms with E-state index in [9.17, 15) is 14.7 Å². The molecule has 0 unspecified atom stereocenters. The summed E-state index contributed by atoms with van der Waals surface area (Å²) in [7, 11) is 0. The lowest BCUT2D eigenvalue weighted by molar-refractivity contribution is -0.125. The van der Waals surface area contributed by atoms with Crippen molar-refractivity contribution >= 4 is 23.4 Å². The van der Waals surface area contributed by atoms with Crippen LogP contribution in [-0.2, 0) is 11.3 Å². The van der Waals surface area contributed by atoms with Crippen LogP contribution < -0.4 is 5.32 Å². The van der Waals surface area contributed by atoms with Gasteiger partial charge in [-0.05, 0) is 17.7 Å². The summed E-state index contributed by atoms with van der Waals surface area (Å²) in [6.45, 7) is 2.03. The van der Waals surface area contributed by atoms with Crippen molar-refractivity contribution in [1.29, 1.82) is 0 Å². The highest BCUT2D eigenvalue weighted by atomic mass is 35.5. The van der Waals surface area contributed by atoms with E-state index in [1.54, 1.807) is 19.1 Å². The number of aromatic nitrogens is 1. The molecule has 8 heteroatoms. The molecule has 1 saturated heterocycles. The van der Waals surface area contributed by atoms with E-state index in [-0.39, 0.29) is 24.6 Å². The number of carbonyl (C=O) groups excluding carboxylic acids is 2. The molecular weight excluding hydrogens is 346 g/mol. The number of rotatable bonds is 4. The Labute approximate surface area is 149 Å². The van der Waals surface area contributed by atoms with Crippen molar-refractivity contribution < 1.29 is 19.1 Å². The fourth-order valence-corrected chi connectivity index (χ4v) is 2.93. The summed E-state index contributed by atoms with van der Waals surface area (Å²) >= 11 is 5.84. The Balaban J connectivity index is 1.67. The first-order chi connectivity index (χ1) is 11.9. The number of halogens is 1. The molecule has 1 aliphatic heterocycles. The van der Waals surface area contributed by atoms with E-state index >= 15 is 0 Å². The number of hydrogen-bond donors (Lipinski definition) is 2. The molecule has 3 rings (SSSR count). The fraction of sp³-hybridized carbons (Fsp3) is 0.353. The van der Waals surface area contributed by atoms with Gasteiger partial charge in [-0.3, -0.25) is 9.59 Å². The third-order valence-corrected chi connectivity index (χ3v) is 4.31. The Kier molecular flexibility index (Phi) is 5.06. The van der Waals surface area contributed by atoms with E-state index in [1.807, 2.05) is 12.1 Å². The topological polar surface area (TPSA) is 95.7 Å². The lowest BCUT2D eigenvalue weighted by atomic mass is 10.1. The molecule has 2 atom stereocenters. The second kappa shape index (κ2) is 7.25. The van der Waals surface area contributed by atoms with Crippen LogP contribution in [0.3, 0.4) is 0 Å². The van der Waals surface area contributed by atoms with Gasteiger partial charge in [-0.2, -0.15) is 0 Å². The van der Waals surface area contributed by atoms with Gasteiger partial charge in [0.15, 0.2) is 11.6 Å². The van der Waals surface area contributed by atoms with Crippen LogP contribution in [0.4, 0.5) is 0 Å². The largest absolute Gasteiger partial charge is 0.448 e. The normalized spacial score (nSPS) is 19.9. The molecule has 2 amide bonds. The highest BCUT2D eigenvalue weighted by molar-refractivity contribution is 6.30. The van der Waals surface area contributed by atoms with Crippen LogP contribution in [0.25, 0.3) is 0 Å². The minimum atomic E-state index is -0.747. The standard InChI is InChI=1S/C17H18ClN3O4/c1-10-20-14(9-25-10)17(24)21-8-13(22)6-15(21)16(23)19-7-11-2-4-12(18)5-3-11/h2-5,9,13,15,22H,6-8H2,1H3,(H,19,23)/t13-,15+/m1/s1. The van der Waals surface area contributed by atoms with Gasteiger partial charge in [0, 0.05) is 31.5 Å². The van der Waals surface area contributed by atoms with Crippen LogP contribution in [-0.4, -0.2) is 45.5 Å². The number of nitrogens with zero attached hydrogens (tertiary/aromatic N) is 2. The maximum Gasteiger partial charge on any atom is 0.276 e. The molecule has 2 heterocycles. The molecule has 1 fully saturated rings. The zero-order chi connectivity index (χ0) is 18.0. The summed E-state index contributed by atoms with van der Waals surface area (Å²) in [4.78, 5) is 30.4. The molecule has 25 heavy (non-hydrogen) atoms. The number of likely N-dealkylation sites (tertiary alicyclic amines) is 1. The number of oxazole rings is 1. The highest BCUT2D eigenvalue weighted by Gasteiger charge is 2.39. The Morgan fingerprint density at radius 2 is 2.12 bits per heavy atom. The monoisotopic (exact) mass is 363 g/mol. The number of β-amino-alcohol motifs (C(OH)–C–C–N with tert-alkyl or cyclic N) is 1. The van der Waals surface area contributed by atoms with Gasteiger partial charge in [-0.25, -0.2) is 4.98 Å². The molecule has 0 bridgehead atoms. The van der Waals surface area contributed by atoms with Crippen molar-refractivity contribution in [3.05, 3.63) is 52.7 Å². The van der Waals surface area contributed by atoms with Crippen molar-refractivity contribution in [3.8, 4) is 0 Å². The van der Waals surface area contributed by atoms with Crippen molar-refractivity contribution in [2.24, 2.45) is 0 Å². The van der Waals surface area contributed by atoms with Crippen LogP contribution in [0.2, 0.25) is 5.02 Å². The summed E-state index contributed by atoms with van der Waals surface area (Å²) in [5.41, 5.74) is 1.02. The number of aliphatic hydroxyl groups is 1. The molecule has 1 aromatic heterocycles. The van der Waals surface area contributed by atoms with Crippen molar-refractivity contribution in [2.75, 3.05) is 6.54 Å². The predicted molar refractivity (Wildman–Crippen MR) is 90.0 cm³/mol. The minimum Gasteiger partial charge on any atom is -0.448 e. The number of amides is 2. The van der Waals surface area contributed by atoms with Crippen molar-refractivity contribution in [1.82, 2.24) is 15.2 Å². The smallest absolute Gasteiger partial charge is 0.276 e. The molecule has 0 saturated carbocycles. The number of carbonyl (C=O) groups is 2. The molecular formula is C17H18ClN3O4. The molecule has 1 aromatic carbocycles. The van der Waals surface area contributed by atoms with Gasteiger partial charge in [0.1, 0.15) is 12.3 Å². The van der Waals surface area contributed by atoms with E-state index in [1.165, 1.54) is 11.2 Å². The first-order valence-corrected chi connectivity index (χ1v) is 8.25. The number of hydrogen-bond acceptors (Lipinski definition) is 5. The van der Waals surface area contributed by atoms with E-state index in [2.05, 4.69) is 10.3 Å². The Bertz CT molecular complexity index is 774. The van der Waals surface area contributed by atoms with Crippen LogP contribution in [0.15, 0.2) is 34.9 Å². The van der Waals surface area contributed by atoms with E-state index in [0.29, 0.717) is 17.5 Å². The summed E-state index contributed by atoms with van der Waals surface area (Å²) in [6.07, 6.45) is 0.698. The second-order valence-electron chi connectivity index (χ2n) is 5.96. The van der Waals surface area contributed by atoms with Gasteiger partial charge in [0.2, 0.25) is 5.91 Å². The highest BCUT2D eigenvalue weighted by Crippen LogP contribution is 2.21. The maximum atomic E-state index is 12.5. The third-order valence-electron chi connectivity index (χ3n) is 4.06. The SMILES string of the molecule is Cc1nc(C(=O)N2C[C@H](O)C[C@H]2C(=O)NCc2ccc(Cl)cc2)co1. The number of nitrogens with one attached hydrogen (secondary N) is 1. The summed E-state index contributed by atoms with van der Waals surface area (Å²) in [5.74, 6) is -0.382. The van der Waals surface area contributed by atoms with Crippen LogP contribution in [0.5, 0.6) is 0 Å². The van der Waals surface area contributed by atoms with Gasteiger partial charge in [0.25, 0.3) is 5.91 Å². The molecule has 7 nitrogen and oxygen atoms in total. The zero-order valence-electron chi connectivity index (χ0n) is 13.6. The van der Waals surface area contributed by atoms with Gasteiger partial charge in [-0.1, -0.05) is 23.7 Å². The van der Waals surface area contributed by atoms with Crippen LogP contribution >= 0.6 is 11.6 Å². The lowest BCUT2D eigenvalue weighted by Crippen LogP contribution is -2.45. The summed E-state index contributed by atoms with van der Waals surface area (Å²) in [6, 6.07) is 6.36. The minimum absolute atomic E-state index is 0.0871. The van der Waals surface area contributed by atoms with Crippen LogP contribution in [0, 0.1) is 6.92 Å². The van der Waals surface area contributed by atoms with E-state index in [0.717, 1.165) is 5.56 Å². The zero-order valence-corrected chi connectivity index (χ0v) is 14.4. The van der Waals surface area contributed by atoms with E-state index < -0.39 is 18.1 Å². The quantitative estimate of drug-likeness (QED) is 0.858. The molecule has 1 aliphatic rings. The van der Waals surface area contributed by atoms with Gasteiger partial charge in [-0.15, -0.1) is 0 Å². The fourth-order valence-electron chi connectivity index (χ4n) is 2.80. The molecule has 0 aliphatic carbocycles. The Hall–Kier alpha value is -2.38. The molecule has 2 aromatic rings. The number of aliphatic hydroxyl groups excluding tert-OH is 1. The number of aryl methyl sites for hydroxylation is 1. The molecule has 0 spiro atoms. The average Bonchev–Trinajstić information content (AvgIpc) is 3.19. The van der Waals surface area contributed by atoms with Gasteiger partial charge >= 0.3 is 0 Å². The third kappa shape index (κ3) is 4.00. The predicted octanol–water partition coefficient (Wildman–Crippen LogP) is 1.53.